The van der Waals surface area contributed by atoms with E-state index in [2.05, 4.69) is 27.9 Å². The van der Waals surface area contributed by atoms with Gasteiger partial charge in [-0.25, -0.2) is 4.68 Å². The highest BCUT2D eigenvalue weighted by Gasteiger charge is 2.18. The second-order valence-corrected chi connectivity index (χ2v) is 6.93. The lowest BCUT2D eigenvalue weighted by Gasteiger charge is -2.22. The lowest BCUT2D eigenvalue weighted by atomic mass is 10.1. The van der Waals surface area contributed by atoms with Crippen LogP contribution in [-0.4, -0.2) is 47.7 Å². The molecule has 1 amide bonds. The Morgan fingerprint density at radius 2 is 2.14 bits per heavy atom. The van der Waals surface area contributed by atoms with E-state index in [1.165, 1.54) is 0 Å². The summed E-state index contributed by atoms with van der Waals surface area (Å²) in [5.41, 5.74) is 1.27. The van der Waals surface area contributed by atoms with Crippen LogP contribution in [0.25, 0.3) is 0 Å². The number of carbonyl (C=O) groups excluding carboxylic acids is 1. The molecular formula is C20H29N5O3. The Labute approximate surface area is 165 Å². The first-order chi connectivity index (χ1) is 13.7. The molecule has 28 heavy (non-hydrogen) atoms. The van der Waals surface area contributed by atoms with Crippen molar-refractivity contribution in [1.82, 2.24) is 25.6 Å². The maximum absolute atomic E-state index is 12.4. The van der Waals surface area contributed by atoms with Crippen LogP contribution in [0, 0.1) is 0 Å². The molecule has 0 atom stereocenters. The van der Waals surface area contributed by atoms with E-state index < -0.39 is 0 Å². The first-order valence-electron chi connectivity index (χ1n) is 9.91. The zero-order chi connectivity index (χ0) is 19.8. The summed E-state index contributed by atoms with van der Waals surface area (Å²) in [6, 6.07) is 5.99. The Morgan fingerprint density at radius 3 is 2.89 bits per heavy atom. The van der Waals surface area contributed by atoms with Gasteiger partial charge in [-0.2, -0.15) is 0 Å². The summed E-state index contributed by atoms with van der Waals surface area (Å²) in [7, 11) is 1.61. The van der Waals surface area contributed by atoms with Crippen molar-refractivity contribution in [2.75, 3.05) is 26.8 Å². The molecule has 2 heterocycles. The summed E-state index contributed by atoms with van der Waals surface area (Å²) in [6.45, 7) is 5.09. The molecule has 8 nitrogen and oxygen atoms in total. The van der Waals surface area contributed by atoms with E-state index in [9.17, 15) is 4.79 Å². The summed E-state index contributed by atoms with van der Waals surface area (Å²) in [5, 5.41) is 14.4. The molecule has 0 unspecified atom stereocenters. The van der Waals surface area contributed by atoms with Gasteiger partial charge in [-0.3, -0.25) is 4.79 Å². The summed E-state index contributed by atoms with van der Waals surface area (Å²) >= 11 is 0. The molecule has 152 valence electrons. The van der Waals surface area contributed by atoms with Gasteiger partial charge in [-0.1, -0.05) is 24.6 Å². The van der Waals surface area contributed by atoms with Gasteiger partial charge in [-0.05, 0) is 50.0 Å². The van der Waals surface area contributed by atoms with E-state index in [0.29, 0.717) is 30.6 Å². The molecule has 1 aromatic carbocycles. The quantitative estimate of drug-likeness (QED) is 0.642. The number of piperidine rings is 1. The molecule has 1 fully saturated rings. The Kier molecular flexibility index (Phi) is 7.25. The fourth-order valence-corrected chi connectivity index (χ4v) is 3.17. The van der Waals surface area contributed by atoms with Gasteiger partial charge < -0.3 is 20.1 Å². The monoisotopic (exact) mass is 387 g/mol. The normalized spacial score (nSPS) is 14.6. The fraction of sp³-hybridized carbons (Fsp3) is 0.550. The number of unbranched alkanes of at least 4 members (excludes halogenated alkanes) is 1. The van der Waals surface area contributed by atoms with Crippen molar-refractivity contribution in [1.29, 1.82) is 0 Å². The highest BCUT2D eigenvalue weighted by Crippen LogP contribution is 2.28. The van der Waals surface area contributed by atoms with Crippen molar-refractivity contribution in [2.24, 2.45) is 0 Å². The summed E-state index contributed by atoms with van der Waals surface area (Å²) < 4.78 is 13.0. The molecule has 3 rings (SSSR count). The minimum absolute atomic E-state index is 0.234. The van der Waals surface area contributed by atoms with Crippen molar-refractivity contribution >= 4 is 5.91 Å². The van der Waals surface area contributed by atoms with Gasteiger partial charge in [0.2, 0.25) is 0 Å². The van der Waals surface area contributed by atoms with Crippen molar-refractivity contribution in [2.45, 2.75) is 45.2 Å². The lowest BCUT2D eigenvalue weighted by molar-refractivity contribution is 0.0945. The Morgan fingerprint density at radius 1 is 1.32 bits per heavy atom. The molecule has 0 aliphatic carbocycles. The Balaban J connectivity index is 1.56. The average Bonchev–Trinajstić information content (AvgIpc) is 3.24. The van der Waals surface area contributed by atoms with Gasteiger partial charge in [0.05, 0.1) is 26.0 Å². The minimum atomic E-state index is -0.234. The van der Waals surface area contributed by atoms with E-state index in [4.69, 9.17) is 9.47 Å². The zero-order valence-electron chi connectivity index (χ0n) is 16.6. The summed E-state index contributed by atoms with van der Waals surface area (Å²) in [5.74, 6) is 1.15. The molecule has 2 aromatic rings. The van der Waals surface area contributed by atoms with Crippen molar-refractivity contribution in [3.8, 4) is 11.5 Å². The molecule has 1 aliphatic rings. The van der Waals surface area contributed by atoms with Crippen LogP contribution >= 0.6 is 0 Å². The number of nitrogens with one attached hydrogen (secondary N) is 2. The third-order valence-electron chi connectivity index (χ3n) is 4.86. The number of benzene rings is 1. The summed E-state index contributed by atoms with van der Waals surface area (Å²) in [4.78, 5) is 12.4. The van der Waals surface area contributed by atoms with E-state index >= 15 is 0 Å². The van der Waals surface area contributed by atoms with Crippen LogP contribution in [0.3, 0.4) is 0 Å². The van der Waals surface area contributed by atoms with Gasteiger partial charge in [0.25, 0.3) is 5.91 Å². The van der Waals surface area contributed by atoms with E-state index in [-0.39, 0.29) is 5.91 Å². The molecule has 1 aromatic heterocycles. The smallest absolute Gasteiger partial charge is 0.273 e. The molecule has 1 saturated heterocycles. The largest absolute Gasteiger partial charge is 0.493 e. The number of rotatable bonds is 9. The molecule has 8 heteroatoms. The first-order valence-corrected chi connectivity index (χ1v) is 9.91. The van der Waals surface area contributed by atoms with Crippen molar-refractivity contribution in [3.63, 3.8) is 0 Å². The summed E-state index contributed by atoms with van der Waals surface area (Å²) in [6.07, 6.45) is 5.80. The number of aromatic nitrogens is 3. The molecule has 1 aliphatic heterocycles. The molecule has 0 bridgehead atoms. The molecule has 0 saturated carbocycles. The number of methoxy groups -OCH3 is 1. The standard InChI is InChI=1S/C20H29N5O3/c1-3-4-11-28-18-6-5-15(12-19(18)27-2)13-22-20(26)17-14-25(24-23-17)16-7-9-21-10-8-16/h5-6,12,14,16,21H,3-4,7-11,13H2,1-2H3,(H,22,26). The second kappa shape index (κ2) is 10.1. The predicted molar refractivity (Wildman–Crippen MR) is 106 cm³/mol. The maximum Gasteiger partial charge on any atom is 0.273 e. The van der Waals surface area contributed by atoms with Crippen LogP contribution in [0.15, 0.2) is 24.4 Å². The number of ether oxygens (including phenoxy) is 2. The van der Waals surface area contributed by atoms with Gasteiger partial charge in [-0.15, -0.1) is 5.10 Å². The van der Waals surface area contributed by atoms with Crippen LogP contribution in [0.2, 0.25) is 0 Å². The topological polar surface area (TPSA) is 90.3 Å². The first kappa shape index (κ1) is 20.1. The van der Waals surface area contributed by atoms with Crippen LogP contribution in [-0.2, 0) is 6.54 Å². The number of amides is 1. The second-order valence-electron chi connectivity index (χ2n) is 6.93. The van der Waals surface area contributed by atoms with Crippen molar-refractivity contribution < 1.29 is 14.3 Å². The third kappa shape index (κ3) is 5.22. The van der Waals surface area contributed by atoms with Crippen LogP contribution < -0.4 is 20.1 Å². The van der Waals surface area contributed by atoms with Crippen LogP contribution in [0.4, 0.5) is 0 Å². The van der Waals surface area contributed by atoms with Gasteiger partial charge in [0.15, 0.2) is 17.2 Å². The van der Waals surface area contributed by atoms with Gasteiger partial charge in [0, 0.05) is 6.54 Å². The van der Waals surface area contributed by atoms with Crippen LogP contribution in [0.1, 0.15) is 54.7 Å². The maximum atomic E-state index is 12.4. The van der Waals surface area contributed by atoms with Gasteiger partial charge >= 0.3 is 0 Å². The number of nitrogens with zero attached hydrogens (tertiary/aromatic N) is 3. The molecular weight excluding hydrogens is 358 g/mol. The van der Waals surface area contributed by atoms with E-state index in [0.717, 1.165) is 50.1 Å². The highest BCUT2D eigenvalue weighted by atomic mass is 16.5. The molecule has 0 radical (unpaired) electrons. The predicted octanol–water partition coefficient (Wildman–Crippen LogP) is 2.32. The van der Waals surface area contributed by atoms with Gasteiger partial charge in [0.1, 0.15) is 0 Å². The minimum Gasteiger partial charge on any atom is -0.493 e. The highest BCUT2D eigenvalue weighted by molar-refractivity contribution is 5.91. The van der Waals surface area contributed by atoms with E-state index in [1.807, 2.05) is 18.2 Å². The zero-order valence-corrected chi connectivity index (χ0v) is 16.6. The Bertz CT molecular complexity index is 771. The Hall–Kier alpha value is -2.61. The fourth-order valence-electron chi connectivity index (χ4n) is 3.17. The number of hydrogen-bond acceptors (Lipinski definition) is 6. The molecule has 2 N–H and O–H groups in total. The number of carbonyl (C=O) groups is 1. The number of hydrogen-bond donors (Lipinski definition) is 2. The van der Waals surface area contributed by atoms with Crippen LogP contribution in [0.5, 0.6) is 11.5 Å². The molecule has 0 spiro atoms. The SMILES string of the molecule is CCCCOc1ccc(CNC(=O)c2cn(C3CCNCC3)nn2)cc1OC. The van der Waals surface area contributed by atoms with E-state index in [1.54, 1.807) is 18.0 Å². The third-order valence-corrected chi connectivity index (χ3v) is 4.86. The average molecular weight is 387 g/mol. The van der Waals surface area contributed by atoms with Crippen molar-refractivity contribution in [3.05, 3.63) is 35.7 Å². The lowest BCUT2D eigenvalue weighted by Crippen LogP contribution is -2.29.